The molecule has 6 nitrogen and oxygen atoms in total. The monoisotopic (exact) mass is 397 g/mol. The van der Waals surface area contributed by atoms with E-state index < -0.39 is 0 Å². The van der Waals surface area contributed by atoms with Crippen molar-refractivity contribution < 1.29 is 0 Å². The summed E-state index contributed by atoms with van der Waals surface area (Å²) < 4.78 is 3.43. The molecule has 3 heterocycles. The first kappa shape index (κ1) is 17.8. The van der Waals surface area contributed by atoms with Gasteiger partial charge in [-0.1, -0.05) is 35.5 Å². The summed E-state index contributed by atoms with van der Waals surface area (Å²) >= 11 is 7.71. The fraction of sp³-hybridized carbons (Fsp3) is 0.158. The lowest BCUT2D eigenvalue weighted by atomic mass is 10.2. The number of fused-ring (bicyclic) bond motifs is 1. The van der Waals surface area contributed by atoms with Crippen molar-refractivity contribution in [1.29, 1.82) is 0 Å². The molecule has 0 aliphatic heterocycles. The van der Waals surface area contributed by atoms with E-state index in [0.717, 1.165) is 16.8 Å². The largest absolute Gasteiger partial charge is 0.277 e. The number of aromatic nitrogens is 5. The number of hydrogen-bond acceptors (Lipinski definition) is 5. The summed E-state index contributed by atoms with van der Waals surface area (Å²) in [6, 6.07) is 11.2. The summed E-state index contributed by atoms with van der Waals surface area (Å²) in [6.45, 7) is 3.90. The van der Waals surface area contributed by atoms with Gasteiger partial charge in [-0.15, -0.1) is 10.2 Å². The molecule has 0 unspecified atom stereocenters. The number of nitrogens with zero attached hydrogens (tertiary/aromatic N) is 5. The molecule has 0 atom stereocenters. The molecule has 0 radical (unpaired) electrons. The van der Waals surface area contributed by atoms with E-state index in [-0.39, 0.29) is 5.56 Å². The van der Waals surface area contributed by atoms with Crippen LogP contribution in [-0.4, -0.2) is 24.1 Å². The first-order valence-electron chi connectivity index (χ1n) is 8.30. The van der Waals surface area contributed by atoms with E-state index in [2.05, 4.69) is 15.2 Å². The zero-order chi connectivity index (χ0) is 19.0. The second-order valence-corrected chi connectivity index (χ2v) is 7.53. The predicted molar refractivity (Wildman–Crippen MR) is 107 cm³/mol. The van der Waals surface area contributed by atoms with Gasteiger partial charge in [0.15, 0.2) is 5.16 Å². The van der Waals surface area contributed by atoms with Crippen molar-refractivity contribution in [3.8, 4) is 5.69 Å². The maximum absolute atomic E-state index is 12.3. The van der Waals surface area contributed by atoms with Gasteiger partial charge in [-0.05, 0) is 43.2 Å². The molecule has 4 aromatic rings. The SMILES string of the molecule is Cc1ccc(-n2cnnc2SCc2cc(=O)n3cccc(C)c3n2)cc1Cl. The molecule has 0 aliphatic rings. The Balaban J connectivity index is 1.63. The fourth-order valence-electron chi connectivity index (χ4n) is 2.75. The summed E-state index contributed by atoms with van der Waals surface area (Å²) in [5.41, 5.74) is 4.15. The lowest BCUT2D eigenvalue weighted by Gasteiger charge is -2.08. The minimum absolute atomic E-state index is 0.0916. The van der Waals surface area contributed by atoms with Crippen molar-refractivity contribution >= 4 is 29.0 Å². The molecule has 0 amide bonds. The molecule has 27 heavy (non-hydrogen) atoms. The van der Waals surface area contributed by atoms with E-state index in [4.69, 9.17) is 11.6 Å². The Kier molecular flexibility index (Phi) is 4.72. The Morgan fingerprint density at radius 3 is 2.81 bits per heavy atom. The molecule has 1 aromatic carbocycles. The van der Waals surface area contributed by atoms with Gasteiger partial charge in [0.1, 0.15) is 12.0 Å². The number of hydrogen-bond donors (Lipinski definition) is 0. The number of thioether (sulfide) groups is 1. The summed E-state index contributed by atoms with van der Waals surface area (Å²) in [6.07, 6.45) is 3.38. The van der Waals surface area contributed by atoms with E-state index in [9.17, 15) is 4.79 Å². The van der Waals surface area contributed by atoms with E-state index in [1.807, 2.05) is 48.7 Å². The molecule has 3 aromatic heterocycles. The van der Waals surface area contributed by atoms with Crippen molar-refractivity contribution in [2.24, 2.45) is 0 Å². The second-order valence-electron chi connectivity index (χ2n) is 6.18. The molecule has 0 fully saturated rings. The van der Waals surface area contributed by atoms with Crippen molar-refractivity contribution in [2.45, 2.75) is 24.8 Å². The van der Waals surface area contributed by atoms with Gasteiger partial charge < -0.3 is 0 Å². The van der Waals surface area contributed by atoms with Crippen LogP contribution in [0.15, 0.2) is 58.9 Å². The van der Waals surface area contributed by atoms with Crippen LogP contribution in [0.2, 0.25) is 5.02 Å². The average Bonchev–Trinajstić information content (AvgIpc) is 3.12. The van der Waals surface area contributed by atoms with Crippen LogP contribution < -0.4 is 5.56 Å². The predicted octanol–water partition coefficient (Wildman–Crippen LogP) is 3.84. The topological polar surface area (TPSA) is 65.1 Å². The number of rotatable bonds is 4. The zero-order valence-electron chi connectivity index (χ0n) is 14.8. The summed E-state index contributed by atoms with van der Waals surface area (Å²) in [4.78, 5) is 17.0. The minimum Gasteiger partial charge on any atom is -0.277 e. The molecule has 4 rings (SSSR count). The Bertz CT molecular complexity index is 1200. The highest BCUT2D eigenvalue weighted by atomic mass is 35.5. The fourth-order valence-corrected chi connectivity index (χ4v) is 3.75. The maximum Gasteiger partial charge on any atom is 0.258 e. The van der Waals surface area contributed by atoms with Gasteiger partial charge >= 0.3 is 0 Å². The van der Waals surface area contributed by atoms with Gasteiger partial charge in [0.25, 0.3) is 5.56 Å². The molecule has 0 saturated heterocycles. The van der Waals surface area contributed by atoms with Gasteiger partial charge in [0.05, 0.1) is 11.4 Å². The molecule has 0 N–H and O–H groups in total. The lowest BCUT2D eigenvalue weighted by Crippen LogP contribution is -2.15. The average molecular weight is 398 g/mol. The van der Waals surface area contributed by atoms with Crippen molar-refractivity contribution in [1.82, 2.24) is 24.1 Å². The van der Waals surface area contributed by atoms with E-state index in [1.54, 1.807) is 23.0 Å². The highest BCUT2D eigenvalue weighted by molar-refractivity contribution is 7.98. The quantitative estimate of drug-likeness (QED) is 0.489. The van der Waals surface area contributed by atoms with Crippen LogP contribution in [-0.2, 0) is 5.75 Å². The smallest absolute Gasteiger partial charge is 0.258 e. The number of aryl methyl sites for hydroxylation is 2. The van der Waals surface area contributed by atoms with E-state index in [0.29, 0.717) is 27.3 Å². The van der Waals surface area contributed by atoms with Crippen LogP contribution in [0.1, 0.15) is 16.8 Å². The molecule has 0 spiro atoms. The van der Waals surface area contributed by atoms with Gasteiger partial charge in [0.2, 0.25) is 0 Å². The molecule has 136 valence electrons. The minimum atomic E-state index is -0.0916. The highest BCUT2D eigenvalue weighted by Crippen LogP contribution is 2.25. The molecular weight excluding hydrogens is 382 g/mol. The van der Waals surface area contributed by atoms with Gasteiger partial charge in [-0.2, -0.15) is 0 Å². The van der Waals surface area contributed by atoms with Crippen molar-refractivity contribution in [2.75, 3.05) is 0 Å². The third-order valence-electron chi connectivity index (χ3n) is 4.24. The summed E-state index contributed by atoms with van der Waals surface area (Å²) in [5.74, 6) is 0.512. The number of pyridine rings is 1. The normalized spacial score (nSPS) is 11.2. The first-order valence-corrected chi connectivity index (χ1v) is 9.66. The van der Waals surface area contributed by atoms with Crippen LogP contribution in [0.5, 0.6) is 0 Å². The Morgan fingerprint density at radius 2 is 2.00 bits per heavy atom. The molecule has 0 bridgehead atoms. The van der Waals surface area contributed by atoms with Gasteiger partial charge in [0, 0.05) is 23.0 Å². The standard InChI is InChI=1S/C19H16ClN5OS/c1-12-5-6-15(9-16(12)20)25-11-21-23-19(25)27-10-14-8-17(26)24-7-3-4-13(2)18(24)22-14/h3-9,11H,10H2,1-2H3. The van der Waals surface area contributed by atoms with Crippen LogP contribution in [0.4, 0.5) is 0 Å². The maximum atomic E-state index is 12.3. The Morgan fingerprint density at radius 1 is 1.15 bits per heavy atom. The first-order chi connectivity index (χ1) is 13.0. The molecular formula is C19H16ClN5OS. The highest BCUT2D eigenvalue weighted by Gasteiger charge is 2.11. The summed E-state index contributed by atoms with van der Waals surface area (Å²) in [5, 5.41) is 9.59. The van der Waals surface area contributed by atoms with Crippen LogP contribution in [0, 0.1) is 13.8 Å². The van der Waals surface area contributed by atoms with Crippen molar-refractivity contribution in [3.63, 3.8) is 0 Å². The molecule has 0 aliphatic carbocycles. The van der Waals surface area contributed by atoms with Crippen LogP contribution in [0.25, 0.3) is 11.3 Å². The lowest BCUT2D eigenvalue weighted by molar-refractivity contribution is 0.882. The molecule has 0 saturated carbocycles. The van der Waals surface area contributed by atoms with Crippen LogP contribution >= 0.6 is 23.4 Å². The zero-order valence-corrected chi connectivity index (χ0v) is 16.3. The van der Waals surface area contributed by atoms with Gasteiger partial charge in [-0.3, -0.25) is 13.8 Å². The van der Waals surface area contributed by atoms with E-state index in [1.165, 1.54) is 11.8 Å². The third-order valence-corrected chi connectivity index (χ3v) is 5.62. The van der Waals surface area contributed by atoms with E-state index >= 15 is 0 Å². The Labute approximate surface area is 164 Å². The molecule has 8 heteroatoms. The van der Waals surface area contributed by atoms with Gasteiger partial charge in [-0.25, -0.2) is 4.98 Å². The number of halogens is 1. The second kappa shape index (κ2) is 7.17. The Hall–Kier alpha value is -2.64. The summed E-state index contributed by atoms with van der Waals surface area (Å²) in [7, 11) is 0. The number of benzene rings is 1. The van der Waals surface area contributed by atoms with Crippen LogP contribution in [0.3, 0.4) is 0 Å². The van der Waals surface area contributed by atoms with Crippen molar-refractivity contribution in [3.05, 3.63) is 81.1 Å². The third kappa shape index (κ3) is 3.48.